The second-order valence-electron chi connectivity index (χ2n) is 6.00. The normalized spacial score (nSPS) is 10.4. The van der Waals surface area contributed by atoms with Gasteiger partial charge in [0.15, 0.2) is 5.58 Å². The van der Waals surface area contributed by atoms with Crippen molar-refractivity contribution in [3.63, 3.8) is 0 Å². The highest BCUT2D eigenvalue weighted by Gasteiger charge is 2.08. The highest BCUT2D eigenvalue weighted by atomic mass is 16.5. The molecule has 1 amide bonds. The first-order valence-corrected chi connectivity index (χ1v) is 8.65. The SMILES string of the molecule is O=C(NCC#Cc1cccc2c1oc1ccccc12)OCc1ccccc1. The maximum atomic E-state index is 11.7. The predicted molar refractivity (Wildman–Crippen MR) is 105 cm³/mol. The Bertz CT molecular complexity index is 1150. The minimum absolute atomic E-state index is 0.199. The standard InChI is InChI=1S/C23H17NO3/c25-23(26-16-17-8-2-1-3-9-17)24-15-7-11-18-10-6-13-20-19-12-4-5-14-21(19)27-22(18)20/h1-6,8-10,12-14H,15-16H2,(H,24,25). The Hall–Kier alpha value is -3.71. The smallest absolute Gasteiger partial charge is 0.408 e. The van der Waals surface area contributed by atoms with E-state index in [0.29, 0.717) is 0 Å². The lowest BCUT2D eigenvalue weighted by atomic mass is 10.1. The summed E-state index contributed by atoms with van der Waals surface area (Å²) in [6.07, 6.45) is -0.491. The van der Waals surface area contributed by atoms with Crippen molar-refractivity contribution >= 4 is 28.0 Å². The van der Waals surface area contributed by atoms with Gasteiger partial charge in [0.1, 0.15) is 12.2 Å². The van der Waals surface area contributed by atoms with Gasteiger partial charge < -0.3 is 14.5 Å². The van der Waals surface area contributed by atoms with Crippen molar-refractivity contribution in [3.8, 4) is 11.8 Å². The Morgan fingerprint density at radius 2 is 1.70 bits per heavy atom. The summed E-state index contributed by atoms with van der Waals surface area (Å²) in [7, 11) is 0. The summed E-state index contributed by atoms with van der Waals surface area (Å²) in [6.45, 7) is 0.433. The molecular weight excluding hydrogens is 338 g/mol. The van der Waals surface area contributed by atoms with Gasteiger partial charge in [0, 0.05) is 10.8 Å². The lowest BCUT2D eigenvalue weighted by Crippen LogP contribution is -2.24. The summed E-state index contributed by atoms with van der Waals surface area (Å²) < 4.78 is 11.1. The lowest BCUT2D eigenvalue weighted by Gasteiger charge is -2.04. The number of hydrogen-bond acceptors (Lipinski definition) is 3. The molecule has 0 fully saturated rings. The number of alkyl carbamates (subject to hydrolysis) is 1. The Balaban J connectivity index is 1.40. The number of carbonyl (C=O) groups is 1. The van der Waals surface area contributed by atoms with Gasteiger partial charge in [-0.1, -0.05) is 72.5 Å². The Kier molecular flexibility index (Phi) is 4.76. The van der Waals surface area contributed by atoms with E-state index in [9.17, 15) is 4.79 Å². The van der Waals surface area contributed by atoms with E-state index in [1.807, 2.05) is 72.8 Å². The molecule has 4 aromatic rings. The first-order chi connectivity index (χ1) is 13.3. The van der Waals surface area contributed by atoms with E-state index in [4.69, 9.17) is 9.15 Å². The zero-order valence-corrected chi connectivity index (χ0v) is 14.6. The molecule has 0 saturated carbocycles. The van der Waals surface area contributed by atoms with Gasteiger partial charge >= 0.3 is 6.09 Å². The number of fused-ring (bicyclic) bond motifs is 3. The molecule has 0 aliphatic rings. The van der Waals surface area contributed by atoms with Crippen molar-refractivity contribution < 1.29 is 13.9 Å². The molecule has 27 heavy (non-hydrogen) atoms. The number of hydrogen-bond donors (Lipinski definition) is 1. The van der Waals surface area contributed by atoms with Crippen LogP contribution in [0.3, 0.4) is 0 Å². The zero-order chi connectivity index (χ0) is 18.5. The van der Waals surface area contributed by atoms with E-state index in [1.54, 1.807) is 0 Å². The fourth-order valence-electron chi connectivity index (χ4n) is 2.88. The van der Waals surface area contributed by atoms with Crippen LogP contribution in [-0.4, -0.2) is 12.6 Å². The van der Waals surface area contributed by atoms with Crippen molar-refractivity contribution in [3.05, 3.63) is 83.9 Å². The monoisotopic (exact) mass is 355 g/mol. The molecule has 0 aliphatic heterocycles. The van der Waals surface area contributed by atoms with Crippen LogP contribution in [0.1, 0.15) is 11.1 Å². The first kappa shape index (κ1) is 16.7. The molecular formula is C23H17NO3. The molecule has 0 bridgehead atoms. The van der Waals surface area contributed by atoms with Crippen LogP contribution in [0.4, 0.5) is 4.79 Å². The van der Waals surface area contributed by atoms with Crippen LogP contribution in [0, 0.1) is 11.8 Å². The second kappa shape index (κ2) is 7.67. The maximum absolute atomic E-state index is 11.7. The second-order valence-corrected chi connectivity index (χ2v) is 6.00. The molecule has 0 spiro atoms. The third kappa shape index (κ3) is 3.78. The molecule has 0 atom stereocenters. The third-order valence-corrected chi connectivity index (χ3v) is 4.16. The minimum atomic E-state index is -0.491. The van der Waals surface area contributed by atoms with Gasteiger partial charge in [-0.05, 0) is 17.7 Å². The molecule has 0 unspecified atom stereocenters. The molecule has 0 saturated heterocycles. The van der Waals surface area contributed by atoms with Gasteiger partial charge in [0.05, 0.1) is 12.1 Å². The molecule has 3 aromatic carbocycles. The van der Waals surface area contributed by atoms with Gasteiger partial charge in [0.2, 0.25) is 0 Å². The van der Waals surface area contributed by atoms with E-state index in [0.717, 1.165) is 33.1 Å². The van der Waals surface area contributed by atoms with Gasteiger partial charge in [0.25, 0.3) is 0 Å². The van der Waals surface area contributed by atoms with Crippen LogP contribution in [-0.2, 0) is 11.3 Å². The molecule has 1 heterocycles. The summed E-state index contributed by atoms with van der Waals surface area (Å²) in [5.74, 6) is 6.01. The van der Waals surface area contributed by atoms with Crippen LogP contribution in [0.2, 0.25) is 0 Å². The third-order valence-electron chi connectivity index (χ3n) is 4.16. The average molecular weight is 355 g/mol. The lowest BCUT2D eigenvalue weighted by molar-refractivity contribution is 0.141. The number of ether oxygens (including phenoxy) is 1. The number of furan rings is 1. The Morgan fingerprint density at radius 1 is 0.926 bits per heavy atom. The van der Waals surface area contributed by atoms with E-state index >= 15 is 0 Å². The first-order valence-electron chi connectivity index (χ1n) is 8.65. The summed E-state index contributed by atoms with van der Waals surface area (Å²) >= 11 is 0. The molecule has 4 nitrogen and oxygen atoms in total. The molecule has 0 radical (unpaired) electrons. The molecule has 1 aromatic heterocycles. The molecule has 132 valence electrons. The van der Waals surface area contributed by atoms with Crippen LogP contribution in [0.15, 0.2) is 77.2 Å². The van der Waals surface area contributed by atoms with Crippen LogP contribution < -0.4 is 5.32 Å². The highest BCUT2D eigenvalue weighted by Crippen LogP contribution is 2.30. The zero-order valence-electron chi connectivity index (χ0n) is 14.6. The predicted octanol–water partition coefficient (Wildman–Crippen LogP) is 4.86. The van der Waals surface area contributed by atoms with Crippen LogP contribution in [0.25, 0.3) is 21.9 Å². The van der Waals surface area contributed by atoms with Crippen molar-refractivity contribution in [1.82, 2.24) is 5.32 Å². The fourth-order valence-corrected chi connectivity index (χ4v) is 2.88. The quantitative estimate of drug-likeness (QED) is 0.534. The summed E-state index contributed by atoms with van der Waals surface area (Å²) in [5, 5.41) is 4.74. The van der Waals surface area contributed by atoms with E-state index < -0.39 is 6.09 Å². The van der Waals surface area contributed by atoms with E-state index in [2.05, 4.69) is 17.2 Å². The molecule has 0 aliphatic carbocycles. The number of amides is 1. The Labute approximate surface area is 156 Å². The van der Waals surface area contributed by atoms with Gasteiger partial charge in [-0.3, -0.25) is 0 Å². The summed E-state index contributed by atoms with van der Waals surface area (Å²) in [6, 6.07) is 23.3. The summed E-state index contributed by atoms with van der Waals surface area (Å²) in [4.78, 5) is 11.7. The Morgan fingerprint density at radius 3 is 2.59 bits per heavy atom. The van der Waals surface area contributed by atoms with Crippen molar-refractivity contribution in [2.45, 2.75) is 6.61 Å². The van der Waals surface area contributed by atoms with Gasteiger partial charge in [-0.25, -0.2) is 4.79 Å². The van der Waals surface area contributed by atoms with Crippen molar-refractivity contribution in [2.75, 3.05) is 6.54 Å². The number of para-hydroxylation sites is 2. The number of carbonyl (C=O) groups excluding carboxylic acids is 1. The van der Waals surface area contributed by atoms with Gasteiger partial charge in [-0.2, -0.15) is 0 Å². The molecule has 4 heteroatoms. The fraction of sp³-hybridized carbons (Fsp3) is 0.0870. The average Bonchev–Trinajstić information content (AvgIpc) is 3.10. The van der Waals surface area contributed by atoms with Gasteiger partial charge in [-0.15, -0.1) is 0 Å². The number of benzene rings is 3. The maximum Gasteiger partial charge on any atom is 0.408 e. The van der Waals surface area contributed by atoms with E-state index in [1.165, 1.54) is 0 Å². The van der Waals surface area contributed by atoms with Crippen LogP contribution in [0.5, 0.6) is 0 Å². The van der Waals surface area contributed by atoms with Crippen LogP contribution >= 0.6 is 0 Å². The highest BCUT2D eigenvalue weighted by molar-refractivity contribution is 6.06. The largest absolute Gasteiger partial charge is 0.455 e. The van der Waals surface area contributed by atoms with Crippen molar-refractivity contribution in [2.24, 2.45) is 0 Å². The van der Waals surface area contributed by atoms with Crippen molar-refractivity contribution in [1.29, 1.82) is 0 Å². The molecule has 1 N–H and O–H groups in total. The number of rotatable bonds is 3. The summed E-state index contributed by atoms with van der Waals surface area (Å²) in [5.41, 5.74) is 3.33. The van der Waals surface area contributed by atoms with E-state index in [-0.39, 0.29) is 13.2 Å². The molecule has 4 rings (SSSR count). The minimum Gasteiger partial charge on any atom is -0.455 e. The topological polar surface area (TPSA) is 51.5 Å². The number of nitrogens with one attached hydrogen (secondary N) is 1.